The van der Waals surface area contributed by atoms with Gasteiger partial charge < -0.3 is 15.8 Å². The molecule has 2 aromatic carbocycles. The van der Waals surface area contributed by atoms with Gasteiger partial charge in [0.05, 0.1) is 0 Å². The van der Waals surface area contributed by atoms with Gasteiger partial charge in [0.2, 0.25) is 5.91 Å². The summed E-state index contributed by atoms with van der Waals surface area (Å²) in [6.07, 6.45) is 0. The normalized spacial score (nSPS) is 16.2. The van der Waals surface area contributed by atoms with Crippen LogP contribution in [0.3, 0.4) is 0 Å². The lowest BCUT2D eigenvalue weighted by molar-refractivity contribution is -0.117. The molecule has 21 heavy (non-hydrogen) atoms. The van der Waals surface area contributed by atoms with Crippen LogP contribution in [0.5, 0.6) is 5.75 Å². The van der Waals surface area contributed by atoms with Gasteiger partial charge in [-0.1, -0.05) is 24.3 Å². The van der Waals surface area contributed by atoms with Crippen molar-refractivity contribution >= 4 is 17.3 Å². The van der Waals surface area contributed by atoms with Crippen molar-refractivity contribution in [2.45, 2.75) is 19.8 Å². The van der Waals surface area contributed by atoms with Gasteiger partial charge in [-0.15, -0.1) is 0 Å². The van der Waals surface area contributed by atoms with Crippen LogP contribution in [-0.2, 0) is 4.79 Å². The minimum absolute atomic E-state index is 0.0586. The number of anilines is 2. The van der Waals surface area contributed by atoms with Gasteiger partial charge in [0.1, 0.15) is 18.3 Å². The van der Waals surface area contributed by atoms with Gasteiger partial charge >= 0.3 is 0 Å². The zero-order valence-electron chi connectivity index (χ0n) is 12.1. The summed E-state index contributed by atoms with van der Waals surface area (Å²) in [5.74, 6) is 0.455. The maximum Gasteiger partial charge on any atom is 0.235 e. The lowest BCUT2D eigenvalue weighted by Crippen LogP contribution is -2.23. The zero-order chi connectivity index (χ0) is 15.0. The van der Waals surface area contributed by atoms with Crippen molar-refractivity contribution in [2.75, 3.05) is 17.7 Å². The van der Waals surface area contributed by atoms with E-state index >= 15 is 0 Å². The highest BCUT2D eigenvalue weighted by Gasteiger charge is 2.30. The average Bonchev–Trinajstić information content (AvgIpc) is 2.91. The van der Waals surface area contributed by atoms with Crippen LogP contribution in [0.15, 0.2) is 36.4 Å². The van der Waals surface area contributed by atoms with E-state index in [-0.39, 0.29) is 11.8 Å². The lowest BCUT2D eigenvalue weighted by Gasteiger charge is -2.16. The first-order valence-electron chi connectivity index (χ1n) is 6.96. The van der Waals surface area contributed by atoms with Crippen molar-refractivity contribution in [1.29, 1.82) is 0 Å². The second-order valence-corrected chi connectivity index (χ2v) is 5.36. The molecular formula is C17H18N2O2. The number of para-hydroxylation sites is 1. The number of nitrogens with two attached hydrogens (primary N) is 1. The molecule has 0 aliphatic carbocycles. The van der Waals surface area contributed by atoms with Gasteiger partial charge in [0.15, 0.2) is 0 Å². The molecule has 1 unspecified atom stereocenters. The number of fused-ring (bicyclic) bond motifs is 1. The van der Waals surface area contributed by atoms with Crippen molar-refractivity contribution in [3.8, 4) is 5.75 Å². The molecule has 1 aliphatic rings. The molecule has 3 rings (SSSR count). The molecule has 0 saturated heterocycles. The Morgan fingerprint density at radius 1 is 1.24 bits per heavy atom. The van der Waals surface area contributed by atoms with Crippen LogP contribution in [0.4, 0.5) is 11.4 Å². The van der Waals surface area contributed by atoms with Crippen LogP contribution in [0.1, 0.15) is 22.6 Å². The molecule has 0 aromatic heterocycles. The van der Waals surface area contributed by atoms with Crippen LogP contribution >= 0.6 is 0 Å². The Kier molecular flexibility index (Phi) is 3.29. The van der Waals surface area contributed by atoms with Gasteiger partial charge in [0, 0.05) is 16.9 Å². The molecule has 0 spiro atoms. The summed E-state index contributed by atoms with van der Waals surface area (Å²) in [5.41, 5.74) is 10.2. The Morgan fingerprint density at radius 2 is 2.00 bits per heavy atom. The van der Waals surface area contributed by atoms with E-state index in [0.717, 1.165) is 28.1 Å². The number of hydrogen-bond acceptors (Lipinski definition) is 3. The summed E-state index contributed by atoms with van der Waals surface area (Å²) < 4.78 is 5.57. The summed E-state index contributed by atoms with van der Waals surface area (Å²) in [4.78, 5) is 12.6. The van der Waals surface area contributed by atoms with Crippen molar-refractivity contribution in [2.24, 2.45) is 0 Å². The molecule has 0 radical (unpaired) electrons. The number of carbonyl (C=O) groups excluding carboxylic acids is 1. The van der Waals surface area contributed by atoms with Crippen LogP contribution in [0, 0.1) is 13.8 Å². The molecule has 0 bridgehead atoms. The van der Waals surface area contributed by atoms with Crippen LogP contribution in [-0.4, -0.2) is 12.5 Å². The Morgan fingerprint density at radius 3 is 2.81 bits per heavy atom. The smallest absolute Gasteiger partial charge is 0.235 e. The van der Waals surface area contributed by atoms with Crippen molar-refractivity contribution in [1.82, 2.24) is 0 Å². The first kappa shape index (κ1) is 13.5. The van der Waals surface area contributed by atoms with Gasteiger partial charge in [-0.2, -0.15) is 0 Å². The van der Waals surface area contributed by atoms with E-state index in [4.69, 9.17) is 10.5 Å². The van der Waals surface area contributed by atoms with Gasteiger partial charge in [-0.25, -0.2) is 0 Å². The Labute approximate surface area is 123 Å². The van der Waals surface area contributed by atoms with E-state index in [1.807, 2.05) is 50.2 Å². The summed E-state index contributed by atoms with van der Waals surface area (Å²) in [6.45, 7) is 4.25. The average molecular weight is 282 g/mol. The number of carbonyl (C=O) groups is 1. The SMILES string of the molecule is Cc1ccc(N)c(C)c1NC(=O)C1COc2ccccc21. The van der Waals surface area contributed by atoms with E-state index < -0.39 is 0 Å². The quantitative estimate of drug-likeness (QED) is 0.832. The lowest BCUT2D eigenvalue weighted by atomic mass is 9.99. The van der Waals surface area contributed by atoms with Crippen molar-refractivity contribution < 1.29 is 9.53 Å². The topological polar surface area (TPSA) is 64.3 Å². The molecule has 1 heterocycles. The van der Waals surface area contributed by atoms with E-state index in [2.05, 4.69) is 5.32 Å². The highest BCUT2D eigenvalue weighted by atomic mass is 16.5. The highest BCUT2D eigenvalue weighted by molar-refractivity contribution is 5.98. The fourth-order valence-corrected chi connectivity index (χ4v) is 2.65. The van der Waals surface area contributed by atoms with Crippen molar-refractivity contribution in [3.05, 3.63) is 53.1 Å². The highest BCUT2D eigenvalue weighted by Crippen LogP contribution is 2.35. The minimum Gasteiger partial charge on any atom is -0.492 e. The van der Waals surface area contributed by atoms with Crippen molar-refractivity contribution in [3.63, 3.8) is 0 Å². The number of aryl methyl sites for hydroxylation is 1. The first-order chi connectivity index (χ1) is 10.1. The van der Waals surface area contributed by atoms with Crippen LogP contribution in [0.25, 0.3) is 0 Å². The Balaban J connectivity index is 1.87. The third-order valence-corrected chi connectivity index (χ3v) is 3.98. The number of nitrogen functional groups attached to an aromatic ring is 1. The monoisotopic (exact) mass is 282 g/mol. The second-order valence-electron chi connectivity index (χ2n) is 5.36. The van der Waals surface area contributed by atoms with Gasteiger partial charge in [-0.3, -0.25) is 4.79 Å². The predicted octanol–water partition coefficient (Wildman–Crippen LogP) is 3.00. The first-order valence-corrected chi connectivity index (χ1v) is 6.96. The summed E-state index contributed by atoms with van der Waals surface area (Å²) in [7, 11) is 0. The zero-order valence-corrected chi connectivity index (χ0v) is 12.1. The number of nitrogens with one attached hydrogen (secondary N) is 1. The van der Waals surface area contributed by atoms with Crippen LogP contribution < -0.4 is 15.8 Å². The fourth-order valence-electron chi connectivity index (χ4n) is 2.65. The third kappa shape index (κ3) is 2.33. The molecule has 4 nitrogen and oxygen atoms in total. The van der Waals surface area contributed by atoms with Gasteiger partial charge in [0.25, 0.3) is 0 Å². The van der Waals surface area contributed by atoms with E-state index in [1.165, 1.54) is 0 Å². The summed E-state index contributed by atoms with van der Waals surface area (Å²) in [6, 6.07) is 11.4. The molecule has 3 N–H and O–H groups in total. The largest absolute Gasteiger partial charge is 0.492 e. The number of amides is 1. The molecule has 0 saturated carbocycles. The van der Waals surface area contributed by atoms with E-state index in [0.29, 0.717) is 12.3 Å². The maximum atomic E-state index is 12.6. The molecule has 4 heteroatoms. The van der Waals surface area contributed by atoms with E-state index in [1.54, 1.807) is 0 Å². The van der Waals surface area contributed by atoms with Crippen LogP contribution in [0.2, 0.25) is 0 Å². The Hall–Kier alpha value is -2.49. The fraction of sp³-hybridized carbons (Fsp3) is 0.235. The standard InChI is InChI=1S/C17H18N2O2/c1-10-7-8-14(18)11(2)16(10)19-17(20)13-9-21-15-6-4-3-5-12(13)15/h3-8,13H,9,18H2,1-2H3,(H,19,20). The number of benzene rings is 2. The maximum absolute atomic E-state index is 12.6. The van der Waals surface area contributed by atoms with E-state index in [9.17, 15) is 4.79 Å². The summed E-state index contributed by atoms with van der Waals surface area (Å²) in [5, 5.41) is 3.00. The van der Waals surface area contributed by atoms with Gasteiger partial charge in [-0.05, 0) is 37.1 Å². The number of hydrogen-bond donors (Lipinski definition) is 2. The molecule has 1 amide bonds. The Bertz CT molecular complexity index is 710. The molecule has 0 fully saturated rings. The summed E-state index contributed by atoms with van der Waals surface area (Å²) >= 11 is 0. The molecule has 1 atom stereocenters. The number of rotatable bonds is 2. The predicted molar refractivity (Wildman–Crippen MR) is 83.6 cm³/mol. The number of ether oxygens (including phenoxy) is 1. The molecule has 2 aromatic rings. The molecular weight excluding hydrogens is 264 g/mol. The second kappa shape index (κ2) is 5.13. The minimum atomic E-state index is -0.276. The third-order valence-electron chi connectivity index (χ3n) is 3.98. The molecule has 1 aliphatic heterocycles. The molecule has 108 valence electrons.